The van der Waals surface area contributed by atoms with Crippen molar-refractivity contribution in [2.75, 3.05) is 26.3 Å². The molecular weight excluding hydrogens is 196 g/mol. The number of ether oxygens (including phenoxy) is 1. The quantitative estimate of drug-likeness (QED) is 0.549. The van der Waals surface area contributed by atoms with Gasteiger partial charge in [0.2, 0.25) is 5.91 Å². The summed E-state index contributed by atoms with van der Waals surface area (Å²) in [5.74, 6) is 0.0139. The number of hydrogen-bond acceptors (Lipinski definition) is 4. The van der Waals surface area contributed by atoms with Gasteiger partial charge in [-0.1, -0.05) is 0 Å². The summed E-state index contributed by atoms with van der Waals surface area (Å²) in [6, 6.07) is 0.400. The van der Waals surface area contributed by atoms with Crippen molar-refractivity contribution in [3.63, 3.8) is 0 Å². The summed E-state index contributed by atoms with van der Waals surface area (Å²) in [4.78, 5) is 11.3. The van der Waals surface area contributed by atoms with Gasteiger partial charge in [-0.15, -0.1) is 0 Å². The van der Waals surface area contributed by atoms with Crippen LogP contribution in [0, 0.1) is 0 Å². The topological polar surface area (TPSA) is 70.6 Å². The first kappa shape index (κ1) is 10.9. The van der Waals surface area contributed by atoms with Crippen LogP contribution in [0.1, 0.15) is 19.3 Å². The van der Waals surface area contributed by atoms with Gasteiger partial charge < -0.3 is 20.5 Å². The van der Waals surface area contributed by atoms with E-state index in [2.05, 4.69) is 10.6 Å². The van der Waals surface area contributed by atoms with E-state index in [0.29, 0.717) is 32.2 Å². The molecule has 1 saturated heterocycles. The maximum atomic E-state index is 11.3. The van der Waals surface area contributed by atoms with Gasteiger partial charge in [-0.3, -0.25) is 4.79 Å². The number of carbonyl (C=O) groups excluding carboxylic acids is 1. The highest BCUT2D eigenvalue weighted by atomic mass is 16.5. The Morgan fingerprint density at radius 3 is 2.93 bits per heavy atom. The van der Waals surface area contributed by atoms with E-state index in [-0.39, 0.29) is 12.5 Å². The molecule has 1 unspecified atom stereocenters. The molecule has 0 aromatic heterocycles. The zero-order valence-electron chi connectivity index (χ0n) is 8.79. The lowest BCUT2D eigenvalue weighted by Crippen LogP contribution is -2.44. The number of carbonyl (C=O) groups is 1. The molecule has 1 amide bonds. The van der Waals surface area contributed by atoms with Crippen molar-refractivity contribution in [2.24, 2.45) is 0 Å². The van der Waals surface area contributed by atoms with Crippen molar-refractivity contribution in [3.05, 3.63) is 0 Å². The summed E-state index contributed by atoms with van der Waals surface area (Å²) in [5.41, 5.74) is -0.778. The lowest BCUT2D eigenvalue weighted by molar-refractivity contribution is -0.120. The van der Waals surface area contributed by atoms with Gasteiger partial charge >= 0.3 is 0 Å². The minimum atomic E-state index is -0.778. The third-order valence-electron chi connectivity index (χ3n) is 2.76. The number of amides is 1. The van der Waals surface area contributed by atoms with Crippen LogP contribution < -0.4 is 10.6 Å². The van der Waals surface area contributed by atoms with E-state index in [1.165, 1.54) is 0 Å². The first-order chi connectivity index (χ1) is 7.18. The van der Waals surface area contributed by atoms with E-state index in [1.54, 1.807) is 0 Å². The average molecular weight is 214 g/mol. The number of aliphatic hydroxyl groups is 1. The largest absolute Gasteiger partial charge is 0.386 e. The van der Waals surface area contributed by atoms with E-state index >= 15 is 0 Å². The second-order valence-corrected chi connectivity index (χ2v) is 4.47. The highest BCUT2D eigenvalue weighted by Gasteiger charge is 2.32. The van der Waals surface area contributed by atoms with Crippen molar-refractivity contribution in [3.8, 4) is 0 Å². The van der Waals surface area contributed by atoms with Crippen molar-refractivity contribution in [1.82, 2.24) is 10.6 Å². The smallest absolute Gasteiger partial charge is 0.234 e. The molecule has 0 aromatic rings. The summed E-state index contributed by atoms with van der Waals surface area (Å²) in [7, 11) is 0. The molecule has 2 fully saturated rings. The SMILES string of the molecule is O=C(CNCC1(O)CCOC1)NC1CC1. The molecule has 1 aliphatic carbocycles. The molecule has 1 atom stereocenters. The second kappa shape index (κ2) is 4.47. The first-order valence-corrected chi connectivity index (χ1v) is 5.48. The first-order valence-electron chi connectivity index (χ1n) is 5.48. The van der Waals surface area contributed by atoms with E-state index in [1.807, 2.05) is 0 Å². The standard InChI is InChI=1S/C10H18N2O3/c13-9(12-8-1-2-8)5-11-6-10(14)3-4-15-7-10/h8,11,14H,1-7H2,(H,12,13). The van der Waals surface area contributed by atoms with Gasteiger partial charge in [-0.2, -0.15) is 0 Å². The van der Waals surface area contributed by atoms with Gasteiger partial charge in [0.15, 0.2) is 0 Å². The lowest BCUT2D eigenvalue weighted by Gasteiger charge is -2.20. The second-order valence-electron chi connectivity index (χ2n) is 4.47. The minimum Gasteiger partial charge on any atom is -0.386 e. The maximum Gasteiger partial charge on any atom is 0.234 e. The van der Waals surface area contributed by atoms with Gasteiger partial charge in [0.05, 0.1) is 13.2 Å². The summed E-state index contributed by atoms with van der Waals surface area (Å²) < 4.78 is 5.10. The Kier molecular flexibility index (Phi) is 3.23. The van der Waals surface area contributed by atoms with E-state index in [4.69, 9.17) is 4.74 Å². The van der Waals surface area contributed by atoms with Crippen LogP contribution in [-0.4, -0.2) is 49.0 Å². The Morgan fingerprint density at radius 1 is 1.53 bits per heavy atom. The van der Waals surface area contributed by atoms with Gasteiger partial charge in [0.1, 0.15) is 5.60 Å². The highest BCUT2D eigenvalue weighted by Crippen LogP contribution is 2.18. The van der Waals surface area contributed by atoms with Gasteiger partial charge in [0, 0.05) is 25.6 Å². The van der Waals surface area contributed by atoms with Crippen LogP contribution in [0.4, 0.5) is 0 Å². The maximum absolute atomic E-state index is 11.3. The fourth-order valence-corrected chi connectivity index (χ4v) is 1.65. The van der Waals surface area contributed by atoms with Crippen molar-refractivity contribution in [2.45, 2.75) is 30.9 Å². The monoisotopic (exact) mass is 214 g/mol. The van der Waals surface area contributed by atoms with Crippen LogP contribution in [0.2, 0.25) is 0 Å². The fourth-order valence-electron chi connectivity index (χ4n) is 1.65. The molecular formula is C10H18N2O3. The van der Waals surface area contributed by atoms with Gasteiger partial charge in [-0.05, 0) is 12.8 Å². The zero-order chi connectivity index (χ0) is 10.7. The molecule has 0 bridgehead atoms. The molecule has 0 radical (unpaired) electrons. The molecule has 3 N–H and O–H groups in total. The number of nitrogens with one attached hydrogen (secondary N) is 2. The molecule has 2 rings (SSSR count). The molecule has 1 heterocycles. The third-order valence-corrected chi connectivity index (χ3v) is 2.76. The summed E-state index contributed by atoms with van der Waals surface area (Å²) in [6.07, 6.45) is 2.84. The van der Waals surface area contributed by atoms with Crippen molar-refractivity contribution < 1.29 is 14.6 Å². The van der Waals surface area contributed by atoms with Crippen LogP contribution >= 0.6 is 0 Å². The summed E-state index contributed by atoms with van der Waals surface area (Å²) in [5, 5.41) is 15.7. The normalized spacial score (nSPS) is 30.5. The van der Waals surface area contributed by atoms with Gasteiger partial charge in [-0.25, -0.2) is 0 Å². The van der Waals surface area contributed by atoms with Crippen LogP contribution in [0.15, 0.2) is 0 Å². The molecule has 2 aliphatic rings. The number of rotatable bonds is 5. The van der Waals surface area contributed by atoms with E-state index < -0.39 is 5.60 Å². The van der Waals surface area contributed by atoms with Crippen LogP contribution in [0.25, 0.3) is 0 Å². The van der Waals surface area contributed by atoms with Crippen LogP contribution in [-0.2, 0) is 9.53 Å². The molecule has 15 heavy (non-hydrogen) atoms. The van der Waals surface area contributed by atoms with Crippen molar-refractivity contribution >= 4 is 5.91 Å². The predicted molar refractivity (Wildman–Crippen MR) is 54.4 cm³/mol. The van der Waals surface area contributed by atoms with Crippen LogP contribution in [0.3, 0.4) is 0 Å². The molecule has 0 aromatic carbocycles. The molecule has 5 nitrogen and oxygen atoms in total. The predicted octanol–water partition coefficient (Wildman–Crippen LogP) is -0.994. The average Bonchev–Trinajstić information content (AvgIpc) is 2.88. The molecule has 1 aliphatic heterocycles. The Labute approximate surface area is 89.2 Å². The Balaban J connectivity index is 1.58. The fraction of sp³-hybridized carbons (Fsp3) is 0.900. The van der Waals surface area contributed by atoms with Crippen molar-refractivity contribution in [1.29, 1.82) is 0 Å². The zero-order valence-corrected chi connectivity index (χ0v) is 8.79. The molecule has 86 valence electrons. The lowest BCUT2D eigenvalue weighted by atomic mass is 10.0. The highest BCUT2D eigenvalue weighted by molar-refractivity contribution is 5.78. The van der Waals surface area contributed by atoms with E-state index in [0.717, 1.165) is 12.8 Å². The van der Waals surface area contributed by atoms with Crippen LogP contribution in [0.5, 0.6) is 0 Å². The molecule has 0 spiro atoms. The molecule has 1 saturated carbocycles. The minimum absolute atomic E-state index is 0.0139. The Bertz CT molecular complexity index is 235. The Hall–Kier alpha value is -0.650. The Morgan fingerprint density at radius 2 is 2.33 bits per heavy atom. The molecule has 5 heteroatoms. The van der Waals surface area contributed by atoms with Gasteiger partial charge in [0.25, 0.3) is 0 Å². The summed E-state index contributed by atoms with van der Waals surface area (Å²) in [6.45, 7) is 1.67. The third kappa shape index (κ3) is 3.44. The van der Waals surface area contributed by atoms with E-state index in [9.17, 15) is 9.90 Å². The summed E-state index contributed by atoms with van der Waals surface area (Å²) >= 11 is 0. The number of hydrogen-bond donors (Lipinski definition) is 3.